The molecule has 0 atom stereocenters. The highest BCUT2D eigenvalue weighted by molar-refractivity contribution is 9.10. The smallest absolute Gasteiger partial charge is 0.306 e. The molecular formula is C14H12BrF3N2O. The molecule has 3 nitrogen and oxygen atoms in total. The first kappa shape index (κ1) is 15.8. The number of halogens is 4. The predicted octanol–water partition coefficient (Wildman–Crippen LogP) is 4.34. The second-order valence-electron chi connectivity index (χ2n) is 4.85. The fraction of sp³-hybridized carbons (Fsp3) is 0.286. The Labute approximate surface area is 127 Å². The highest BCUT2D eigenvalue weighted by Crippen LogP contribution is 2.31. The number of alkyl halides is 3. The number of hydrogen-bond donors (Lipinski definition) is 1. The van der Waals surface area contributed by atoms with Crippen molar-refractivity contribution < 1.29 is 13.2 Å². The van der Waals surface area contributed by atoms with Gasteiger partial charge >= 0.3 is 6.18 Å². The Balaban J connectivity index is 2.60. The van der Waals surface area contributed by atoms with Gasteiger partial charge in [-0.25, -0.2) is 4.98 Å². The Morgan fingerprint density at radius 3 is 2.52 bits per heavy atom. The maximum absolute atomic E-state index is 12.7. The maximum Gasteiger partial charge on any atom is 0.416 e. The van der Waals surface area contributed by atoms with Gasteiger partial charge in [0.25, 0.3) is 5.56 Å². The van der Waals surface area contributed by atoms with Crippen molar-refractivity contribution in [3.63, 3.8) is 0 Å². The third-order valence-electron chi connectivity index (χ3n) is 2.90. The molecule has 1 aromatic carbocycles. The zero-order chi connectivity index (χ0) is 15.8. The van der Waals surface area contributed by atoms with Crippen LogP contribution in [0.5, 0.6) is 0 Å². The van der Waals surface area contributed by atoms with Gasteiger partial charge in [0.15, 0.2) is 0 Å². The van der Waals surface area contributed by atoms with Crippen molar-refractivity contribution in [2.24, 2.45) is 0 Å². The molecule has 0 radical (unpaired) electrons. The number of nitrogens with one attached hydrogen (secondary N) is 1. The van der Waals surface area contributed by atoms with E-state index in [-0.39, 0.29) is 17.3 Å². The molecule has 0 aliphatic carbocycles. The minimum atomic E-state index is -4.44. The number of H-pyrrole nitrogens is 1. The molecule has 0 unspecified atom stereocenters. The number of aromatic amines is 1. The van der Waals surface area contributed by atoms with Crippen molar-refractivity contribution in [3.8, 4) is 11.4 Å². The van der Waals surface area contributed by atoms with Crippen LogP contribution in [-0.4, -0.2) is 9.97 Å². The van der Waals surface area contributed by atoms with E-state index in [1.54, 1.807) is 0 Å². The molecule has 0 saturated heterocycles. The summed E-state index contributed by atoms with van der Waals surface area (Å²) in [5.41, 5.74) is -0.472. The lowest BCUT2D eigenvalue weighted by Gasteiger charge is -2.11. The van der Waals surface area contributed by atoms with Crippen LogP contribution in [0.15, 0.2) is 33.5 Å². The van der Waals surface area contributed by atoms with E-state index in [0.717, 1.165) is 12.1 Å². The zero-order valence-corrected chi connectivity index (χ0v) is 12.8. The van der Waals surface area contributed by atoms with E-state index >= 15 is 0 Å². The SMILES string of the molecule is CC(C)c1nc(-c2cccc(C(F)(F)F)c2)[nH]c(=O)c1Br. The Morgan fingerprint density at radius 2 is 1.95 bits per heavy atom. The lowest BCUT2D eigenvalue weighted by atomic mass is 10.1. The van der Waals surface area contributed by atoms with E-state index in [0.29, 0.717) is 10.2 Å². The third-order valence-corrected chi connectivity index (χ3v) is 3.66. The largest absolute Gasteiger partial charge is 0.416 e. The van der Waals surface area contributed by atoms with E-state index in [1.165, 1.54) is 12.1 Å². The lowest BCUT2D eigenvalue weighted by Crippen LogP contribution is -2.14. The monoisotopic (exact) mass is 360 g/mol. The highest BCUT2D eigenvalue weighted by Gasteiger charge is 2.30. The van der Waals surface area contributed by atoms with Crippen LogP contribution in [-0.2, 0) is 6.18 Å². The minimum Gasteiger partial charge on any atom is -0.306 e. The van der Waals surface area contributed by atoms with Gasteiger partial charge in [0.1, 0.15) is 10.3 Å². The Bertz CT molecular complexity index is 723. The van der Waals surface area contributed by atoms with E-state index in [2.05, 4.69) is 25.9 Å². The molecular weight excluding hydrogens is 349 g/mol. The molecule has 0 fully saturated rings. The summed E-state index contributed by atoms with van der Waals surface area (Å²) >= 11 is 3.15. The van der Waals surface area contributed by atoms with Crippen molar-refractivity contribution in [1.82, 2.24) is 9.97 Å². The molecule has 7 heteroatoms. The summed E-state index contributed by atoms with van der Waals surface area (Å²) in [4.78, 5) is 18.6. The molecule has 0 spiro atoms. The number of hydrogen-bond acceptors (Lipinski definition) is 2. The molecule has 0 saturated carbocycles. The summed E-state index contributed by atoms with van der Waals surface area (Å²) in [6.07, 6.45) is -4.44. The predicted molar refractivity (Wildman–Crippen MR) is 77.1 cm³/mol. The number of rotatable bonds is 2. The summed E-state index contributed by atoms with van der Waals surface area (Å²) in [5.74, 6) is 0.0872. The van der Waals surface area contributed by atoms with Crippen molar-refractivity contribution in [2.45, 2.75) is 25.9 Å². The first-order valence-electron chi connectivity index (χ1n) is 6.17. The summed E-state index contributed by atoms with van der Waals surface area (Å²) in [7, 11) is 0. The van der Waals surface area contributed by atoms with Crippen LogP contribution in [0.25, 0.3) is 11.4 Å². The number of aromatic nitrogens is 2. The van der Waals surface area contributed by atoms with E-state index < -0.39 is 17.3 Å². The second-order valence-corrected chi connectivity index (χ2v) is 5.64. The van der Waals surface area contributed by atoms with E-state index in [9.17, 15) is 18.0 Å². The first-order valence-corrected chi connectivity index (χ1v) is 6.97. The molecule has 0 aliphatic rings. The van der Waals surface area contributed by atoms with Crippen molar-refractivity contribution >= 4 is 15.9 Å². The highest BCUT2D eigenvalue weighted by atomic mass is 79.9. The molecule has 21 heavy (non-hydrogen) atoms. The van der Waals surface area contributed by atoms with Gasteiger partial charge < -0.3 is 4.98 Å². The van der Waals surface area contributed by atoms with Crippen LogP contribution < -0.4 is 5.56 Å². The van der Waals surface area contributed by atoms with E-state index in [4.69, 9.17) is 0 Å². The fourth-order valence-corrected chi connectivity index (χ4v) is 2.48. The molecule has 112 valence electrons. The summed E-state index contributed by atoms with van der Waals surface area (Å²) < 4.78 is 38.5. The van der Waals surface area contributed by atoms with Crippen molar-refractivity contribution in [3.05, 3.63) is 50.3 Å². The summed E-state index contributed by atoms with van der Waals surface area (Å²) in [6, 6.07) is 4.71. The van der Waals surface area contributed by atoms with Gasteiger partial charge in [-0.15, -0.1) is 0 Å². The van der Waals surface area contributed by atoms with Crippen LogP contribution in [0.1, 0.15) is 31.0 Å². The molecule has 0 bridgehead atoms. The molecule has 0 amide bonds. The molecule has 0 aliphatic heterocycles. The maximum atomic E-state index is 12.7. The van der Waals surface area contributed by atoms with Gasteiger partial charge in [0, 0.05) is 5.56 Å². The van der Waals surface area contributed by atoms with Crippen molar-refractivity contribution in [1.29, 1.82) is 0 Å². The van der Waals surface area contributed by atoms with Crippen LogP contribution in [0, 0.1) is 0 Å². The van der Waals surface area contributed by atoms with Crippen LogP contribution in [0.4, 0.5) is 13.2 Å². The lowest BCUT2D eigenvalue weighted by molar-refractivity contribution is -0.137. The average Bonchev–Trinajstić information content (AvgIpc) is 2.40. The Hall–Kier alpha value is -1.63. The van der Waals surface area contributed by atoms with Gasteiger partial charge in [-0.2, -0.15) is 13.2 Å². The van der Waals surface area contributed by atoms with Gasteiger partial charge in [-0.3, -0.25) is 4.79 Å². The van der Waals surface area contributed by atoms with Gasteiger partial charge in [0.05, 0.1) is 11.3 Å². The molecule has 2 aromatic rings. The van der Waals surface area contributed by atoms with Gasteiger partial charge in [-0.1, -0.05) is 26.0 Å². The van der Waals surface area contributed by atoms with Crippen molar-refractivity contribution in [2.75, 3.05) is 0 Å². The van der Waals surface area contributed by atoms with Crippen LogP contribution in [0.3, 0.4) is 0 Å². The van der Waals surface area contributed by atoms with Crippen LogP contribution in [0.2, 0.25) is 0 Å². The Kier molecular flexibility index (Phi) is 4.22. The number of nitrogens with zero attached hydrogens (tertiary/aromatic N) is 1. The quantitative estimate of drug-likeness (QED) is 0.865. The van der Waals surface area contributed by atoms with E-state index in [1.807, 2.05) is 13.8 Å². The molecule has 2 rings (SSSR count). The summed E-state index contributed by atoms with van der Waals surface area (Å²) in [6.45, 7) is 3.70. The topological polar surface area (TPSA) is 45.8 Å². The van der Waals surface area contributed by atoms with Crippen LogP contribution >= 0.6 is 15.9 Å². The minimum absolute atomic E-state index is 0.0359. The second kappa shape index (κ2) is 5.63. The molecule has 1 heterocycles. The fourth-order valence-electron chi connectivity index (χ4n) is 1.84. The standard InChI is InChI=1S/C14H12BrF3N2O/c1-7(2)11-10(15)13(21)20-12(19-11)8-4-3-5-9(6-8)14(16,17)18/h3-7H,1-2H3,(H,19,20,21). The average molecular weight is 361 g/mol. The molecule has 1 N–H and O–H groups in total. The molecule has 1 aromatic heterocycles. The zero-order valence-electron chi connectivity index (χ0n) is 11.3. The summed E-state index contributed by atoms with van der Waals surface area (Å²) in [5, 5.41) is 0. The number of benzene rings is 1. The normalized spacial score (nSPS) is 12.0. The van der Waals surface area contributed by atoms with Gasteiger partial charge in [0.2, 0.25) is 0 Å². The first-order chi connectivity index (χ1) is 9.70. The third kappa shape index (κ3) is 3.34. The Morgan fingerprint density at radius 1 is 1.29 bits per heavy atom. The van der Waals surface area contributed by atoms with Gasteiger partial charge in [-0.05, 0) is 34.0 Å².